The van der Waals surface area contributed by atoms with Gasteiger partial charge in [-0.3, -0.25) is 4.79 Å². The molecule has 0 aliphatic heterocycles. The second-order valence-electron chi connectivity index (χ2n) is 4.31. The number of ether oxygens (including phenoxy) is 1. The van der Waals surface area contributed by atoms with Crippen molar-refractivity contribution in [2.45, 2.75) is 31.3 Å². The number of thiazole rings is 1. The predicted molar refractivity (Wildman–Crippen MR) is 65.5 cm³/mol. The molecule has 1 aliphatic carbocycles. The van der Waals surface area contributed by atoms with Crippen LogP contribution in [0.1, 0.15) is 25.0 Å². The van der Waals surface area contributed by atoms with Crippen molar-refractivity contribution in [3.8, 4) is 0 Å². The maximum atomic E-state index is 10.5. The van der Waals surface area contributed by atoms with E-state index in [4.69, 9.17) is 9.84 Å². The summed E-state index contributed by atoms with van der Waals surface area (Å²) >= 11 is 1.44. The molecule has 0 bridgehead atoms. The molecule has 6 heteroatoms. The minimum atomic E-state index is -0.853. The van der Waals surface area contributed by atoms with Crippen LogP contribution in [-0.2, 0) is 16.0 Å². The van der Waals surface area contributed by atoms with E-state index in [1.807, 2.05) is 0 Å². The Bertz CT molecular complexity index is 396. The van der Waals surface area contributed by atoms with Gasteiger partial charge < -0.3 is 15.2 Å². The van der Waals surface area contributed by atoms with Gasteiger partial charge >= 0.3 is 5.97 Å². The fourth-order valence-corrected chi connectivity index (χ4v) is 2.59. The summed E-state index contributed by atoms with van der Waals surface area (Å²) < 4.78 is 5.49. The number of hydrogen-bond acceptors (Lipinski definition) is 5. The number of nitrogens with one attached hydrogen (secondary N) is 1. The predicted octanol–water partition coefficient (Wildman–Crippen LogP) is 1.75. The van der Waals surface area contributed by atoms with Crippen molar-refractivity contribution in [1.29, 1.82) is 0 Å². The molecule has 2 rings (SSSR count). The highest BCUT2D eigenvalue weighted by Crippen LogP contribution is 2.35. The van der Waals surface area contributed by atoms with Gasteiger partial charge in [-0.15, -0.1) is 11.3 Å². The minimum Gasteiger partial charge on any atom is -0.481 e. The topological polar surface area (TPSA) is 71.5 Å². The van der Waals surface area contributed by atoms with E-state index in [1.165, 1.54) is 17.8 Å². The van der Waals surface area contributed by atoms with Gasteiger partial charge in [0.25, 0.3) is 0 Å². The highest BCUT2D eigenvalue weighted by molar-refractivity contribution is 7.13. The molecule has 1 heterocycles. The Balaban J connectivity index is 1.86. The van der Waals surface area contributed by atoms with Crippen molar-refractivity contribution in [3.63, 3.8) is 0 Å². The zero-order valence-corrected chi connectivity index (χ0v) is 10.5. The third kappa shape index (κ3) is 2.95. The molecule has 0 unspecified atom stereocenters. The minimum absolute atomic E-state index is 0.0202. The Kier molecular flexibility index (Phi) is 3.63. The fraction of sp³-hybridized carbons (Fsp3) is 0.636. The zero-order valence-electron chi connectivity index (χ0n) is 9.73. The number of aromatic nitrogens is 1. The van der Waals surface area contributed by atoms with Gasteiger partial charge in [0.2, 0.25) is 0 Å². The lowest BCUT2D eigenvalue weighted by molar-refractivity contribution is -0.136. The fourth-order valence-electron chi connectivity index (χ4n) is 1.89. The van der Waals surface area contributed by atoms with Crippen molar-refractivity contribution in [2.24, 2.45) is 0 Å². The smallest absolute Gasteiger partial charge is 0.309 e. The number of carboxylic acid groups (broad SMARTS) is 1. The molecule has 0 radical (unpaired) electrons. The Hall–Kier alpha value is -1.14. The SMILES string of the molecule is COC1(CNc2nc(CC(=O)O)cs2)CCC1. The van der Waals surface area contributed by atoms with Crippen LogP contribution in [0.15, 0.2) is 5.38 Å². The van der Waals surface area contributed by atoms with Gasteiger partial charge in [-0.2, -0.15) is 0 Å². The Morgan fingerprint density at radius 1 is 1.71 bits per heavy atom. The molecule has 1 aliphatic rings. The first-order valence-electron chi connectivity index (χ1n) is 5.59. The average molecular weight is 256 g/mol. The van der Waals surface area contributed by atoms with Crippen LogP contribution in [0, 0.1) is 0 Å². The normalized spacial score (nSPS) is 17.5. The highest BCUT2D eigenvalue weighted by Gasteiger charge is 2.36. The van der Waals surface area contributed by atoms with E-state index in [1.54, 1.807) is 12.5 Å². The quantitative estimate of drug-likeness (QED) is 0.811. The van der Waals surface area contributed by atoms with Crippen molar-refractivity contribution in [3.05, 3.63) is 11.1 Å². The van der Waals surface area contributed by atoms with Crippen LogP contribution in [0.3, 0.4) is 0 Å². The molecule has 0 spiro atoms. The van der Waals surface area contributed by atoms with E-state index in [2.05, 4.69) is 10.3 Å². The van der Waals surface area contributed by atoms with E-state index in [0.29, 0.717) is 5.69 Å². The number of carboxylic acids is 1. The number of nitrogens with zero attached hydrogens (tertiary/aromatic N) is 1. The summed E-state index contributed by atoms with van der Waals surface area (Å²) in [5.74, 6) is -0.853. The van der Waals surface area contributed by atoms with Crippen LogP contribution in [0.2, 0.25) is 0 Å². The molecule has 0 amide bonds. The van der Waals surface area contributed by atoms with E-state index in [-0.39, 0.29) is 12.0 Å². The van der Waals surface area contributed by atoms with Crippen LogP contribution in [-0.4, -0.2) is 35.3 Å². The first-order chi connectivity index (χ1) is 8.13. The van der Waals surface area contributed by atoms with Gasteiger partial charge in [-0.25, -0.2) is 4.98 Å². The summed E-state index contributed by atoms with van der Waals surface area (Å²) in [6, 6.07) is 0. The second kappa shape index (κ2) is 5.01. The summed E-state index contributed by atoms with van der Waals surface area (Å²) in [5, 5.41) is 14.4. The van der Waals surface area contributed by atoms with Crippen molar-refractivity contribution in [2.75, 3.05) is 19.0 Å². The highest BCUT2D eigenvalue weighted by atomic mass is 32.1. The van der Waals surface area contributed by atoms with Crippen LogP contribution in [0.5, 0.6) is 0 Å². The average Bonchev–Trinajstić information content (AvgIpc) is 2.64. The number of carbonyl (C=O) groups is 1. The van der Waals surface area contributed by atoms with Crippen LogP contribution >= 0.6 is 11.3 Å². The molecule has 0 aromatic carbocycles. The Labute approximate surface area is 104 Å². The third-order valence-electron chi connectivity index (χ3n) is 3.14. The first kappa shape index (κ1) is 12.3. The summed E-state index contributed by atoms with van der Waals surface area (Å²) in [6.45, 7) is 0.740. The number of anilines is 1. The monoisotopic (exact) mass is 256 g/mol. The molecule has 1 aromatic rings. The van der Waals surface area contributed by atoms with Crippen molar-refractivity contribution >= 4 is 22.4 Å². The van der Waals surface area contributed by atoms with Crippen molar-refractivity contribution in [1.82, 2.24) is 4.98 Å². The van der Waals surface area contributed by atoms with E-state index >= 15 is 0 Å². The summed E-state index contributed by atoms with van der Waals surface area (Å²) in [5.41, 5.74) is 0.559. The van der Waals surface area contributed by atoms with Crippen LogP contribution in [0.25, 0.3) is 0 Å². The number of aliphatic carboxylic acids is 1. The first-order valence-corrected chi connectivity index (χ1v) is 6.47. The second-order valence-corrected chi connectivity index (χ2v) is 5.17. The summed E-state index contributed by atoms with van der Waals surface area (Å²) in [7, 11) is 1.73. The molecule has 17 heavy (non-hydrogen) atoms. The van der Waals surface area contributed by atoms with E-state index in [0.717, 1.165) is 24.5 Å². The van der Waals surface area contributed by atoms with Gasteiger partial charge in [0, 0.05) is 19.0 Å². The standard InChI is InChI=1S/C11H16N2O3S/c1-16-11(3-2-4-11)7-12-10-13-8(6-17-10)5-9(14)15/h6H,2-5,7H2,1H3,(H,12,13)(H,14,15). The maximum absolute atomic E-state index is 10.5. The molecular weight excluding hydrogens is 240 g/mol. The van der Waals surface area contributed by atoms with E-state index in [9.17, 15) is 4.79 Å². The molecular formula is C11H16N2O3S. The molecule has 1 fully saturated rings. The lowest BCUT2D eigenvalue weighted by Crippen LogP contribution is -2.45. The van der Waals surface area contributed by atoms with Crippen LogP contribution in [0.4, 0.5) is 5.13 Å². The van der Waals surface area contributed by atoms with Crippen molar-refractivity contribution < 1.29 is 14.6 Å². The number of methoxy groups -OCH3 is 1. The molecule has 2 N–H and O–H groups in total. The van der Waals surface area contributed by atoms with E-state index < -0.39 is 5.97 Å². The van der Waals surface area contributed by atoms with Crippen LogP contribution < -0.4 is 5.32 Å². The molecule has 0 atom stereocenters. The number of rotatable bonds is 6. The summed E-state index contributed by atoms with van der Waals surface area (Å²) in [4.78, 5) is 14.7. The van der Waals surface area contributed by atoms with Gasteiger partial charge in [-0.1, -0.05) is 0 Å². The molecule has 0 saturated heterocycles. The summed E-state index contributed by atoms with van der Waals surface area (Å²) in [6.07, 6.45) is 3.33. The largest absolute Gasteiger partial charge is 0.481 e. The molecule has 5 nitrogen and oxygen atoms in total. The molecule has 1 saturated carbocycles. The number of hydrogen-bond donors (Lipinski definition) is 2. The van der Waals surface area contributed by atoms with Gasteiger partial charge in [0.15, 0.2) is 5.13 Å². The van der Waals surface area contributed by atoms with Gasteiger partial charge in [0.1, 0.15) is 0 Å². The third-order valence-corrected chi connectivity index (χ3v) is 3.99. The lowest BCUT2D eigenvalue weighted by atomic mass is 9.80. The zero-order chi connectivity index (χ0) is 12.3. The van der Waals surface area contributed by atoms with Gasteiger partial charge in [-0.05, 0) is 19.3 Å². The maximum Gasteiger partial charge on any atom is 0.309 e. The molecule has 1 aromatic heterocycles. The van der Waals surface area contributed by atoms with Gasteiger partial charge in [0.05, 0.1) is 17.7 Å². The Morgan fingerprint density at radius 3 is 3.00 bits per heavy atom. The Morgan fingerprint density at radius 2 is 2.47 bits per heavy atom. The lowest BCUT2D eigenvalue weighted by Gasteiger charge is -2.40. The molecule has 94 valence electrons.